The van der Waals surface area contributed by atoms with Crippen LogP contribution >= 0.6 is 11.6 Å². The summed E-state index contributed by atoms with van der Waals surface area (Å²) < 4.78 is 20.4. The number of methoxy groups -OCH3 is 1. The number of carbonyl (C=O) groups is 2. The molecule has 1 aliphatic heterocycles. The van der Waals surface area contributed by atoms with E-state index in [1.165, 1.54) is 12.1 Å². The highest BCUT2D eigenvalue weighted by Crippen LogP contribution is 2.23. The fourth-order valence-electron chi connectivity index (χ4n) is 3.68. The highest BCUT2D eigenvalue weighted by atomic mass is 35.5. The number of benzene rings is 2. The smallest absolute Gasteiger partial charge is 0.255 e. The van der Waals surface area contributed by atoms with Crippen LogP contribution in [0.1, 0.15) is 10.4 Å². The monoisotopic (exact) mass is 429 g/mol. The summed E-state index contributed by atoms with van der Waals surface area (Å²) >= 11 is 6.01. The average molecular weight is 430 g/mol. The van der Waals surface area contributed by atoms with Crippen LogP contribution in [0.4, 0.5) is 4.39 Å². The third kappa shape index (κ3) is 3.98. The van der Waals surface area contributed by atoms with E-state index in [9.17, 15) is 14.0 Å². The maximum Gasteiger partial charge on any atom is 0.255 e. The zero-order valence-electron chi connectivity index (χ0n) is 16.5. The van der Waals surface area contributed by atoms with Crippen LogP contribution in [0.5, 0.6) is 5.75 Å². The number of ether oxygens (including phenoxy) is 1. The van der Waals surface area contributed by atoms with Gasteiger partial charge < -0.3 is 19.1 Å². The van der Waals surface area contributed by atoms with Crippen LogP contribution in [0.3, 0.4) is 0 Å². The van der Waals surface area contributed by atoms with Gasteiger partial charge in [0.15, 0.2) is 0 Å². The van der Waals surface area contributed by atoms with Crippen LogP contribution in [0, 0.1) is 5.82 Å². The lowest BCUT2D eigenvalue weighted by Crippen LogP contribution is -2.51. The molecule has 1 aromatic heterocycles. The minimum atomic E-state index is -0.483. The van der Waals surface area contributed by atoms with Gasteiger partial charge in [-0.3, -0.25) is 9.59 Å². The summed E-state index contributed by atoms with van der Waals surface area (Å²) in [6.45, 7) is 1.92. The summed E-state index contributed by atoms with van der Waals surface area (Å²) in [4.78, 5) is 28.8. The number of piperazine rings is 1. The van der Waals surface area contributed by atoms with E-state index in [1.807, 2.05) is 35.0 Å². The zero-order valence-corrected chi connectivity index (χ0v) is 17.2. The average Bonchev–Trinajstić information content (AvgIpc) is 3.15. The van der Waals surface area contributed by atoms with Gasteiger partial charge in [-0.15, -0.1) is 0 Å². The van der Waals surface area contributed by atoms with Gasteiger partial charge in [0.25, 0.3) is 5.91 Å². The maximum atomic E-state index is 13.2. The van der Waals surface area contributed by atoms with Crippen molar-refractivity contribution < 1.29 is 18.7 Å². The number of hydrogen-bond acceptors (Lipinski definition) is 3. The van der Waals surface area contributed by atoms with Crippen molar-refractivity contribution in [3.63, 3.8) is 0 Å². The van der Waals surface area contributed by atoms with Crippen LogP contribution in [0.2, 0.25) is 5.02 Å². The van der Waals surface area contributed by atoms with Gasteiger partial charge in [0.2, 0.25) is 5.91 Å². The molecule has 0 bridgehead atoms. The lowest BCUT2D eigenvalue weighted by Gasteiger charge is -2.35. The number of aromatic nitrogens is 1. The summed E-state index contributed by atoms with van der Waals surface area (Å²) in [5, 5.41) is 1.10. The Morgan fingerprint density at radius 3 is 2.47 bits per heavy atom. The molecule has 0 spiro atoms. The Labute approximate surface area is 178 Å². The Balaban J connectivity index is 1.38. The summed E-state index contributed by atoms with van der Waals surface area (Å²) in [6, 6.07) is 11.4. The molecule has 3 aromatic rings. The first-order valence-electron chi connectivity index (χ1n) is 9.61. The van der Waals surface area contributed by atoms with Gasteiger partial charge in [-0.1, -0.05) is 11.6 Å². The van der Waals surface area contributed by atoms with Crippen molar-refractivity contribution in [3.05, 3.63) is 65.1 Å². The number of fused-ring (bicyclic) bond motifs is 1. The van der Waals surface area contributed by atoms with Gasteiger partial charge in [-0.05, 0) is 42.5 Å². The predicted molar refractivity (Wildman–Crippen MR) is 112 cm³/mol. The van der Waals surface area contributed by atoms with Gasteiger partial charge in [-0.25, -0.2) is 4.39 Å². The molecule has 2 heterocycles. The Morgan fingerprint density at radius 2 is 1.77 bits per heavy atom. The molecule has 0 aliphatic carbocycles. The normalized spacial score (nSPS) is 14.2. The summed E-state index contributed by atoms with van der Waals surface area (Å²) in [6.07, 6.45) is 1.89. The first-order valence-corrected chi connectivity index (χ1v) is 9.99. The first kappa shape index (κ1) is 20.2. The third-order valence-corrected chi connectivity index (χ3v) is 5.68. The van der Waals surface area contributed by atoms with Gasteiger partial charge in [-0.2, -0.15) is 0 Å². The number of halogens is 2. The second-order valence-corrected chi connectivity index (χ2v) is 7.57. The molecule has 0 unspecified atom stereocenters. The summed E-state index contributed by atoms with van der Waals surface area (Å²) in [5.74, 6) is 0.0317. The molecule has 1 aliphatic rings. The van der Waals surface area contributed by atoms with E-state index in [0.717, 1.165) is 22.7 Å². The Morgan fingerprint density at radius 1 is 1.03 bits per heavy atom. The lowest BCUT2D eigenvalue weighted by atomic mass is 10.1. The quantitative estimate of drug-likeness (QED) is 0.638. The van der Waals surface area contributed by atoms with Gasteiger partial charge >= 0.3 is 0 Å². The number of nitrogens with zero attached hydrogens (tertiary/aromatic N) is 3. The third-order valence-electron chi connectivity index (χ3n) is 5.36. The van der Waals surface area contributed by atoms with Crippen LogP contribution in [-0.4, -0.2) is 59.5 Å². The van der Waals surface area contributed by atoms with E-state index in [2.05, 4.69) is 0 Å². The van der Waals surface area contributed by atoms with Crippen LogP contribution < -0.4 is 4.74 Å². The Bertz CT molecular complexity index is 1110. The largest absolute Gasteiger partial charge is 0.497 e. The Kier molecular flexibility index (Phi) is 5.63. The lowest BCUT2D eigenvalue weighted by molar-refractivity contribution is -0.133. The van der Waals surface area contributed by atoms with E-state index in [-0.39, 0.29) is 28.9 Å². The number of hydrogen-bond donors (Lipinski definition) is 0. The molecule has 6 nitrogen and oxygen atoms in total. The van der Waals surface area contributed by atoms with E-state index in [4.69, 9.17) is 16.3 Å². The molecule has 0 N–H and O–H groups in total. The molecular weight excluding hydrogens is 409 g/mol. The zero-order chi connectivity index (χ0) is 21.3. The number of rotatable bonds is 4. The highest BCUT2D eigenvalue weighted by molar-refractivity contribution is 6.33. The Hall–Kier alpha value is -3.06. The van der Waals surface area contributed by atoms with Crippen molar-refractivity contribution in [2.75, 3.05) is 33.3 Å². The van der Waals surface area contributed by atoms with Crippen molar-refractivity contribution in [1.82, 2.24) is 14.4 Å². The van der Waals surface area contributed by atoms with Gasteiger partial charge in [0.05, 0.1) is 17.7 Å². The molecule has 0 saturated carbocycles. The molecule has 1 fully saturated rings. The molecular formula is C22H21ClFN3O3. The van der Waals surface area contributed by atoms with E-state index in [0.29, 0.717) is 26.2 Å². The summed E-state index contributed by atoms with van der Waals surface area (Å²) in [5.41, 5.74) is 1.23. The minimum Gasteiger partial charge on any atom is -0.497 e. The van der Waals surface area contributed by atoms with Crippen molar-refractivity contribution in [2.24, 2.45) is 0 Å². The van der Waals surface area contributed by atoms with Crippen LogP contribution in [0.25, 0.3) is 10.9 Å². The molecule has 0 atom stereocenters. The molecule has 2 aromatic carbocycles. The first-order chi connectivity index (χ1) is 14.5. The van der Waals surface area contributed by atoms with Gasteiger partial charge in [0.1, 0.15) is 18.1 Å². The topological polar surface area (TPSA) is 54.8 Å². The number of amides is 2. The van der Waals surface area contributed by atoms with Crippen molar-refractivity contribution in [3.8, 4) is 5.75 Å². The van der Waals surface area contributed by atoms with Crippen LogP contribution in [0.15, 0.2) is 48.7 Å². The maximum absolute atomic E-state index is 13.2. The van der Waals surface area contributed by atoms with E-state index in [1.54, 1.807) is 16.9 Å². The van der Waals surface area contributed by atoms with E-state index < -0.39 is 5.82 Å². The highest BCUT2D eigenvalue weighted by Gasteiger charge is 2.26. The fourth-order valence-corrected chi connectivity index (χ4v) is 3.93. The molecule has 8 heteroatoms. The molecule has 0 radical (unpaired) electrons. The van der Waals surface area contributed by atoms with Crippen molar-refractivity contribution >= 4 is 34.3 Å². The molecule has 1 saturated heterocycles. The predicted octanol–water partition coefficient (Wildman–Crippen LogP) is 3.43. The van der Waals surface area contributed by atoms with Crippen LogP contribution in [-0.2, 0) is 11.3 Å². The SMILES string of the molecule is COc1ccc2c(ccn2CC(=O)N2CCN(C(=O)c3ccc(F)cc3Cl)CC2)c1. The molecule has 2 amide bonds. The number of carbonyl (C=O) groups excluding carboxylic acids is 2. The minimum absolute atomic E-state index is 0.00442. The van der Waals surface area contributed by atoms with E-state index >= 15 is 0 Å². The summed E-state index contributed by atoms with van der Waals surface area (Å²) in [7, 11) is 1.62. The van der Waals surface area contributed by atoms with Crippen molar-refractivity contribution in [1.29, 1.82) is 0 Å². The molecule has 4 rings (SSSR count). The second kappa shape index (κ2) is 8.36. The molecule has 30 heavy (non-hydrogen) atoms. The van der Waals surface area contributed by atoms with Gasteiger partial charge in [0, 0.05) is 43.3 Å². The van der Waals surface area contributed by atoms with Crippen molar-refractivity contribution in [2.45, 2.75) is 6.54 Å². The second-order valence-electron chi connectivity index (χ2n) is 7.17. The fraction of sp³-hybridized carbons (Fsp3) is 0.273. The molecule has 156 valence electrons. The standard InChI is InChI=1S/C22H21ClFN3O3/c1-30-17-3-5-20-15(12-17)6-7-27(20)14-21(28)25-8-10-26(11-9-25)22(29)18-4-2-16(24)13-19(18)23/h2-7,12-13H,8-11,14H2,1H3.